The van der Waals surface area contributed by atoms with Gasteiger partial charge in [-0.3, -0.25) is 9.48 Å². The number of rotatable bonds is 2. The van der Waals surface area contributed by atoms with Crippen molar-refractivity contribution in [3.63, 3.8) is 0 Å². The Bertz CT molecular complexity index is 707. The summed E-state index contributed by atoms with van der Waals surface area (Å²) in [5, 5.41) is 23.6. The average molecular weight is 283 g/mol. The average Bonchev–Trinajstić information content (AvgIpc) is 2.35. The topological polar surface area (TPSA) is 75.4 Å². The Labute approximate surface area is 115 Å². The first-order chi connectivity index (χ1) is 8.88. The fourth-order valence-electron chi connectivity index (χ4n) is 2.01. The Balaban J connectivity index is 3.05. The minimum Gasteiger partial charge on any atom is -0.504 e. The zero-order valence-electron chi connectivity index (χ0n) is 10.9. The molecule has 0 amide bonds. The first-order valence-electron chi connectivity index (χ1n) is 6.03. The summed E-state index contributed by atoms with van der Waals surface area (Å²) in [5.74, 6) is -0.894. The molecule has 2 rings (SSSR count). The monoisotopic (exact) mass is 282 g/mol. The van der Waals surface area contributed by atoms with Crippen molar-refractivity contribution in [2.45, 2.75) is 33.2 Å². The van der Waals surface area contributed by atoms with Gasteiger partial charge in [0, 0.05) is 18.5 Å². The largest absolute Gasteiger partial charge is 0.504 e. The highest BCUT2D eigenvalue weighted by Gasteiger charge is 2.19. The molecule has 0 aliphatic heterocycles. The first-order valence-corrected chi connectivity index (χ1v) is 6.41. The Morgan fingerprint density at radius 1 is 1.42 bits per heavy atom. The van der Waals surface area contributed by atoms with Crippen molar-refractivity contribution in [2.75, 3.05) is 0 Å². The summed E-state index contributed by atoms with van der Waals surface area (Å²) in [6, 6.07) is 1.30. The van der Waals surface area contributed by atoms with Gasteiger partial charge >= 0.3 is 0 Å². The van der Waals surface area contributed by atoms with Crippen LogP contribution >= 0.6 is 11.6 Å². The quantitative estimate of drug-likeness (QED) is 0.830. The summed E-state index contributed by atoms with van der Waals surface area (Å²) >= 11 is 5.99. The Hall–Kier alpha value is -1.75. The molecule has 0 saturated heterocycles. The second-order valence-electron chi connectivity index (χ2n) is 4.64. The van der Waals surface area contributed by atoms with Crippen LogP contribution in [0.4, 0.5) is 0 Å². The van der Waals surface area contributed by atoms with Gasteiger partial charge in [0.25, 0.3) is 0 Å². The molecule has 6 heteroatoms. The van der Waals surface area contributed by atoms with Crippen molar-refractivity contribution in [3.8, 4) is 11.5 Å². The molecule has 1 heterocycles. The Morgan fingerprint density at radius 2 is 2.05 bits per heavy atom. The van der Waals surface area contributed by atoms with Crippen molar-refractivity contribution in [1.82, 2.24) is 9.78 Å². The normalized spacial score (nSPS) is 11.4. The number of aromatic nitrogens is 2. The van der Waals surface area contributed by atoms with E-state index in [-0.39, 0.29) is 27.5 Å². The van der Waals surface area contributed by atoms with Crippen LogP contribution < -0.4 is 5.43 Å². The summed E-state index contributed by atoms with van der Waals surface area (Å²) in [6.45, 7) is 6.13. The van der Waals surface area contributed by atoms with Gasteiger partial charge in [0.2, 0.25) is 5.43 Å². The standard InChI is InChI=1S/C13H15ClN2O3/c1-4-16-7-5-8(17)12(18)10(14)9(7)13(19)11(15-16)6(2)3/h5-6,17-18H,4H2,1-3H3. The number of nitrogens with zero attached hydrogens (tertiary/aromatic N) is 2. The predicted molar refractivity (Wildman–Crippen MR) is 74.1 cm³/mol. The van der Waals surface area contributed by atoms with E-state index in [0.717, 1.165) is 0 Å². The SMILES string of the molecule is CCn1nc(C(C)C)c(=O)c2c(Cl)c(O)c(O)cc21. The third-order valence-electron chi connectivity index (χ3n) is 3.01. The molecule has 0 bridgehead atoms. The minimum atomic E-state index is -0.477. The summed E-state index contributed by atoms with van der Waals surface area (Å²) in [4.78, 5) is 12.4. The summed E-state index contributed by atoms with van der Waals surface area (Å²) in [7, 11) is 0. The maximum Gasteiger partial charge on any atom is 0.213 e. The molecule has 0 saturated carbocycles. The third-order valence-corrected chi connectivity index (χ3v) is 3.38. The molecule has 1 aromatic heterocycles. The van der Waals surface area contributed by atoms with Gasteiger partial charge < -0.3 is 10.2 Å². The fourth-order valence-corrected chi connectivity index (χ4v) is 2.29. The lowest BCUT2D eigenvalue weighted by atomic mass is 10.1. The maximum atomic E-state index is 12.4. The number of hydrogen-bond donors (Lipinski definition) is 2. The molecule has 0 fully saturated rings. The number of halogens is 1. The predicted octanol–water partition coefficient (Wildman–Crippen LogP) is 2.60. The molecule has 0 atom stereocenters. The highest BCUT2D eigenvalue weighted by Crippen LogP contribution is 2.38. The minimum absolute atomic E-state index is 0.0540. The van der Waals surface area contributed by atoms with E-state index in [9.17, 15) is 15.0 Å². The summed E-state index contributed by atoms with van der Waals surface area (Å²) < 4.78 is 1.59. The van der Waals surface area contributed by atoms with E-state index in [1.54, 1.807) is 4.68 Å². The lowest BCUT2D eigenvalue weighted by Crippen LogP contribution is -2.20. The molecule has 0 aliphatic carbocycles. The summed E-state index contributed by atoms with van der Waals surface area (Å²) in [6.07, 6.45) is 0. The molecule has 0 unspecified atom stereocenters. The molecular weight excluding hydrogens is 268 g/mol. The van der Waals surface area contributed by atoms with Gasteiger partial charge in [-0.2, -0.15) is 5.10 Å². The van der Waals surface area contributed by atoms with Crippen molar-refractivity contribution < 1.29 is 10.2 Å². The van der Waals surface area contributed by atoms with Crippen LogP contribution in [0.3, 0.4) is 0 Å². The molecule has 2 N–H and O–H groups in total. The lowest BCUT2D eigenvalue weighted by molar-refractivity contribution is 0.404. The number of phenols is 2. The van der Waals surface area contributed by atoms with Crippen LogP contribution in [-0.2, 0) is 6.54 Å². The fraction of sp³-hybridized carbons (Fsp3) is 0.385. The Morgan fingerprint density at radius 3 is 2.58 bits per heavy atom. The molecule has 0 radical (unpaired) electrons. The number of fused-ring (bicyclic) bond motifs is 1. The highest BCUT2D eigenvalue weighted by molar-refractivity contribution is 6.37. The van der Waals surface area contributed by atoms with E-state index in [0.29, 0.717) is 17.8 Å². The molecule has 102 valence electrons. The van der Waals surface area contributed by atoms with E-state index in [1.807, 2.05) is 20.8 Å². The van der Waals surface area contributed by atoms with Crippen LogP contribution in [-0.4, -0.2) is 20.0 Å². The Kier molecular flexibility index (Phi) is 3.41. The van der Waals surface area contributed by atoms with E-state index in [1.165, 1.54) is 6.07 Å². The van der Waals surface area contributed by atoms with Gasteiger partial charge in [-0.1, -0.05) is 25.4 Å². The van der Waals surface area contributed by atoms with Crippen molar-refractivity contribution in [3.05, 3.63) is 27.0 Å². The van der Waals surface area contributed by atoms with E-state index >= 15 is 0 Å². The molecule has 2 aromatic rings. The van der Waals surface area contributed by atoms with Crippen molar-refractivity contribution >= 4 is 22.5 Å². The second kappa shape index (κ2) is 4.74. The maximum absolute atomic E-state index is 12.4. The highest BCUT2D eigenvalue weighted by atomic mass is 35.5. The van der Waals surface area contributed by atoms with Crippen LogP contribution in [0.5, 0.6) is 11.5 Å². The molecule has 0 spiro atoms. The molecule has 0 aliphatic rings. The molecule has 19 heavy (non-hydrogen) atoms. The van der Waals surface area contributed by atoms with Gasteiger partial charge in [0.15, 0.2) is 11.5 Å². The van der Waals surface area contributed by atoms with Crippen LogP contribution in [0.1, 0.15) is 32.4 Å². The number of aryl methyl sites for hydroxylation is 1. The van der Waals surface area contributed by atoms with Crippen LogP contribution in [0.25, 0.3) is 10.9 Å². The third kappa shape index (κ3) is 2.04. The molecular formula is C13H15ClN2O3. The lowest BCUT2D eigenvalue weighted by Gasteiger charge is -2.14. The number of phenolic OH excluding ortho intramolecular Hbond substituents is 2. The van der Waals surface area contributed by atoms with Crippen molar-refractivity contribution in [2.24, 2.45) is 0 Å². The van der Waals surface area contributed by atoms with Gasteiger partial charge in [0.05, 0.1) is 15.9 Å². The van der Waals surface area contributed by atoms with Gasteiger partial charge in [0.1, 0.15) is 5.69 Å². The van der Waals surface area contributed by atoms with E-state index in [4.69, 9.17) is 11.6 Å². The van der Waals surface area contributed by atoms with E-state index in [2.05, 4.69) is 5.10 Å². The number of benzene rings is 1. The second-order valence-corrected chi connectivity index (χ2v) is 5.02. The van der Waals surface area contributed by atoms with Crippen LogP contribution in [0.15, 0.2) is 10.9 Å². The molecule has 5 nitrogen and oxygen atoms in total. The van der Waals surface area contributed by atoms with Gasteiger partial charge in [-0.25, -0.2) is 0 Å². The van der Waals surface area contributed by atoms with Crippen molar-refractivity contribution in [1.29, 1.82) is 0 Å². The van der Waals surface area contributed by atoms with Gasteiger partial charge in [-0.15, -0.1) is 0 Å². The van der Waals surface area contributed by atoms with Crippen LogP contribution in [0, 0.1) is 0 Å². The molecule has 1 aromatic carbocycles. The zero-order valence-corrected chi connectivity index (χ0v) is 11.7. The smallest absolute Gasteiger partial charge is 0.213 e. The number of aromatic hydroxyl groups is 2. The summed E-state index contributed by atoms with van der Waals surface area (Å²) in [5.41, 5.74) is 0.494. The first kappa shape index (κ1) is 13.7. The van der Waals surface area contributed by atoms with Crippen LogP contribution in [0.2, 0.25) is 5.02 Å². The zero-order chi connectivity index (χ0) is 14.3. The van der Waals surface area contributed by atoms with E-state index < -0.39 is 5.75 Å². The van der Waals surface area contributed by atoms with Gasteiger partial charge in [-0.05, 0) is 6.92 Å². The number of hydrogen-bond acceptors (Lipinski definition) is 4.